The maximum absolute atomic E-state index is 13.0. The van der Waals surface area contributed by atoms with Gasteiger partial charge in [0.05, 0.1) is 24.1 Å². The van der Waals surface area contributed by atoms with Crippen LogP contribution in [-0.2, 0) is 13.1 Å². The van der Waals surface area contributed by atoms with Crippen LogP contribution in [-0.4, -0.2) is 22.7 Å². The van der Waals surface area contributed by atoms with Crippen LogP contribution >= 0.6 is 0 Å². The number of para-hydroxylation sites is 2. The highest BCUT2D eigenvalue weighted by atomic mass is 19.1. The number of halogens is 1. The third kappa shape index (κ3) is 5.24. The van der Waals surface area contributed by atoms with E-state index in [4.69, 9.17) is 9.72 Å². The van der Waals surface area contributed by atoms with Gasteiger partial charge in [0.15, 0.2) is 0 Å². The van der Waals surface area contributed by atoms with Gasteiger partial charge < -0.3 is 14.6 Å². The predicted molar refractivity (Wildman–Crippen MR) is 115 cm³/mol. The summed E-state index contributed by atoms with van der Waals surface area (Å²) in [5.41, 5.74) is 3.70. The molecule has 0 atom stereocenters. The van der Waals surface area contributed by atoms with Crippen molar-refractivity contribution >= 4 is 11.0 Å². The first kappa shape index (κ1) is 19.6. The Kier molecular flexibility index (Phi) is 6.57. The minimum Gasteiger partial charge on any atom is -0.492 e. The molecule has 0 saturated heterocycles. The summed E-state index contributed by atoms with van der Waals surface area (Å²) in [7, 11) is 0. The number of hydrogen-bond donors (Lipinski definition) is 1. The van der Waals surface area contributed by atoms with Crippen LogP contribution in [0.3, 0.4) is 0 Å². The number of fused-ring (bicyclic) bond motifs is 1. The summed E-state index contributed by atoms with van der Waals surface area (Å²) >= 11 is 0. The molecule has 1 aliphatic rings. The number of nitrogens with zero attached hydrogens (tertiary/aromatic N) is 2. The van der Waals surface area contributed by atoms with Gasteiger partial charge in [-0.25, -0.2) is 9.37 Å². The zero-order chi connectivity index (χ0) is 19.9. The SMILES string of the molecule is Fc1ccc(OCCn2c(CNCCC3=CCCCC3)nc3ccccc32)cc1. The van der Waals surface area contributed by atoms with Crippen LogP contribution in [0.5, 0.6) is 5.75 Å². The van der Waals surface area contributed by atoms with Crippen LogP contribution in [0.15, 0.2) is 60.2 Å². The van der Waals surface area contributed by atoms with Gasteiger partial charge in [-0.05, 0) is 75.0 Å². The molecule has 0 bridgehead atoms. The average Bonchev–Trinajstić information content (AvgIpc) is 3.11. The number of ether oxygens (including phenoxy) is 1. The van der Waals surface area contributed by atoms with Gasteiger partial charge in [-0.3, -0.25) is 0 Å². The normalized spacial score (nSPS) is 14.2. The summed E-state index contributed by atoms with van der Waals surface area (Å²) in [6.45, 7) is 2.91. The summed E-state index contributed by atoms with van der Waals surface area (Å²) in [5.74, 6) is 1.44. The molecule has 5 heteroatoms. The van der Waals surface area contributed by atoms with Gasteiger partial charge >= 0.3 is 0 Å². The van der Waals surface area contributed by atoms with Crippen molar-refractivity contribution in [2.24, 2.45) is 0 Å². The van der Waals surface area contributed by atoms with Crippen molar-refractivity contribution in [1.82, 2.24) is 14.9 Å². The number of aromatic nitrogens is 2. The molecule has 0 saturated carbocycles. The number of nitrogens with one attached hydrogen (secondary N) is 1. The molecule has 4 nitrogen and oxygen atoms in total. The molecule has 1 aromatic heterocycles. The summed E-state index contributed by atoms with van der Waals surface area (Å²) in [5, 5.41) is 3.56. The van der Waals surface area contributed by atoms with Gasteiger partial charge in [0.25, 0.3) is 0 Å². The zero-order valence-corrected chi connectivity index (χ0v) is 16.7. The van der Waals surface area contributed by atoms with Gasteiger partial charge in [0.2, 0.25) is 0 Å². The van der Waals surface area contributed by atoms with Gasteiger partial charge in [0, 0.05) is 0 Å². The topological polar surface area (TPSA) is 39.1 Å². The van der Waals surface area contributed by atoms with E-state index in [9.17, 15) is 4.39 Å². The summed E-state index contributed by atoms with van der Waals surface area (Å²) < 4.78 is 21.1. The highest BCUT2D eigenvalue weighted by Crippen LogP contribution is 2.20. The van der Waals surface area contributed by atoms with Crippen molar-refractivity contribution in [2.75, 3.05) is 13.2 Å². The van der Waals surface area contributed by atoms with Gasteiger partial charge in [-0.1, -0.05) is 23.8 Å². The molecule has 0 amide bonds. The number of hydrogen-bond acceptors (Lipinski definition) is 3. The Morgan fingerprint density at radius 3 is 2.76 bits per heavy atom. The van der Waals surface area contributed by atoms with Crippen LogP contribution in [0.1, 0.15) is 37.9 Å². The van der Waals surface area contributed by atoms with E-state index in [-0.39, 0.29) is 5.82 Å². The van der Waals surface area contributed by atoms with Gasteiger partial charge in [0.1, 0.15) is 24.0 Å². The fourth-order valence-electron chi connectivity index (χ4n) is 3.88. The molecule has 0 unspecified atom stereocenters. The quantitative estimate of drug-likeness (QED) is 0.399. The molecule has 0 spiro atoms. The molecular weight excluding hydrogens is 365 g/mol. The van der Waals surface area contributed by atoms with Crippen molar-refractivity contribution in [1.29, 1.82) is 0 Å². The number of allylic oxidation sites excluding steroid dienone is 1. The molecule has 1 N–H and O–H groups in total. The Labute approximate surface area is 171 Å². The van der Waals surface area contributed by atoms with E-state index >= 15 is 0 Å². The van der Waals surface area contributed by atoms with Gasteiger partial charge in [-0.2, -0.15) is 0 Å². The van der Waals surface area contributed by atoms with E-state index in [0.717, 1.165) is 36.4 Å². The summed E-state index contributed by atoms with van der Waals surface area (Å²) in [6, 6.07) is 14.3. The Bertz CT molecular complexity index is 962. The standard InChI is InChI=1S/C24H28FN3O/c25-20-10-12-21(13-11-20)29-17-16-28-23-9-5-4-8-22(23)27-24(28)18-26-15-14-19-6-2-1-3-7-19/h4-6,8-13,26H,1-3,7,14-18H2. The van der Waals surface area contributed by atoms with E-state index in [2.05, 4.69) is 22.0 Å². The van der Waals surface area contributed by atoms with Crippen molar-refractivity contribution < 1.29 is 9.13 Å². The lowest BCUT2D eigenvalue weighted by molar-refractivity contribution is 0.297. The maximum atomic E-state index is 13.0. The lowest BCUT2D eigenvalue weighted by Gasteiger charge is -2.14. The second-order valence-electron chi connectivity index (χ2n) is 7.51. The molecule has 0 aliphatic heterocycles. The highest BCUT2D eigenvalue weighted by molar-refractivity contribution is 5.75. The van der Waals surface area contributed by atoms with Crippen molar-refractivity contribution in [2.45, 2.75) is 45.2 Å². The molecule has 1 aliphatic carbocycles. The first-order valence-electron chi connectivity index (χ1n) is 10.5. The second-order valence-corrected chi connectivity index (χ2v) is 7.51. The minimum absolute atomic E-state index is 0.254. The van der Waals surface area contributed by atoms with Crippen LogP contribution in [0.4, 0.5) is 4.39 Å². The molecule has 4 rings (SSSR count). The molecule has 2 aromatic carbocycles. The Balaban J connectivity index is 1.37. The molecule has 0 fully saturated rings. The highest BCUT2D eigenvalue weighted by Gasteiger charge is 2.11. The van der Waals surface area contributed by atoms with E-state index in [1.807, 2.05) is 18.2 Å². The molecule has 152 valence electrons. The van der Waals surface area contributed by atoms with Crippen molar-refractivity contribution in [3.05, 3.63) is 71.8 Å². The van der Waals surface area contributed by atoms with E-state index < -0.39 is 0 Å². The lowest BCUT2D eigenvalue weighted by Crippen LogP contribution is -2.20. The summed E-state index contributed by atoms with van der Waals surface area (Å²) in [4.78, 5) is 4.81. The third-order valence-corrected chi connectivity index (χ3v) is 5.42. The van der Waals surface area contributed by atoms with Gasteiger partial charge in [-0.15, -0.1) is 0 Å². The number of imidazole rings is 1. The smallest absolute Gasteiger partial charge is 0.124 e. The molecule has 1 heterocycles. The average molecular weight is 394 g/mol. The zero-order valence-electron chi connectivity index (χ0n) is 16.7. The molecule has 3 aromatic rings. The van der Waals surface area contributed by atoms with E-state index in [0.29, 0.717) is 18.9 Å². The lowest BCUT2D eigenvalue weighted by atomic mass is 9.97. The number of rotatable bonds is 9. The largest absolute Gasteiger partial charge is 0.492 e. The minimum atomic E-state index is -0.254. The Morgan fingerprint density at radius 1 is 1.07 bits per heavy atom. The van der Waals surface area contributed by atoms with E-state index in [1.165, 1.54) is 37.8 Å². The Morgan fingerprint density at radius 2 is 1.93 bits per heavy atom. The first-order valence-corrected chi connectivity index (χ1v) is 10.5. The van der Waals surface area contributed by atoms with Crippen LogP contribution in [0.2, 0.25) is 0 Å². The fourth-order valence-corrected chi connectivity index (χ4v) is 3.88. The molecule has 29 heavy (non-hydrogen) atoms. The first-order chi connectivity index (χ1) is 14.3. The fraction of sp³-hybridized carbons (Fsp3) is 0.375. The maximum Gasteiger partial charge on any atom is 0.124 e. The van der Waals surface area contributed by atoms with E-state index in [1.54, 1.807) is 17.7 Å². The molecule has 0 radical (unpaired) electrons. The van der Waals surface area contributed by atoms with Crippen molar-refractivity contribution in [3.63, 3.8) is 0 Å². The van der Waals surface area contributed by atoms with Crippen LogP contribution in [0.25, 0.3) is 11.0 Å². The summed E-state index contributed by atoms with van der Waals surface area (Å²) in [6.07, 6.45) is 8.68. The predicted octanol–water partition coefficient (Wildman–Crippen LogP) is 5.23. The number of benzene rings is 2. The Hall–Kier alpha value is -2.66. The third-order valence-electron chi connectivity index (χ3n) is 5.42. The van der Waals surface area contributed by atoms with Crippen molar-refractivity contribution in [3.8, 4) is 5.75 Å². The molecular formula is C24H28FN3O. The van der Waals surface area contributed by atoms with Crippen LogP contribution in [0, 0.1) is 5.82 Å². The second kappa shape index (κ2) is 9.70. The monoisotopic (exact) mass is 393 g/mol. The van der Waals surface area contributed by atoms with Crippen LogP contribution < -0.4 is 10.1 Å².